The van der Waals surface area contributed by atoms with Crippen molar-refractivity contribution in [2.45, 2.75) is 26.8 Å². The largest absolute Gasteiger partial charge is 0.507 e. The number of ketones is 1. The minimum atomic E-state index is -0.747. The van der Waals surface area contributed by atoms with E-state index in [1.807, 2.05) is 43.3 Å². The first-order valence-electron chi connectivity index (χ1n) is 11.7. The smallest absolute Gasteiger partial charge is 0.295 e. The summed E-state index contributed by atoms with van der Waals surface area (Å²) in [6.07, 6.45) is 1.52. The quantitative estimate of drug-likeness (QED) is 0.282. The first-order valence-corrected chi connectivity index (χ1v) is 12.1. The molecule has 1 N–H and O–H groups in total. The number of benzene rings is 2. The number of rotatable bonds is 8. The molecule has 182 valence electrons. The molecule has 0 bridgehead atoms. The number of hydrogen-bond donors (Lipinski definition) is 1. The molecule has 7 nitrogen and oxygen atoms in total. The van der Waals surface area contributed by atoms with E-state index in [1.165, 1.54) is 11.1 Å². The zero-order valence-corrected chi connectivity index (χ0v) is 20.9. The lowest BCUT2D eigenvalue weighted by atomic mass is 9.95. The Balaban J connectivity index is 1.82. The van der Waals surface area contributed by atoms with E-state index in [0.717, 1.165) is 18.8 Å². The molecule has 0 aliphatic carbocycles. The van der Waals surface area contributed by atoms with Crippen LogP contribution >= 0.6 is 11.6 Å². The van der Waals surface area contributed by atoms with Gasteiger partial charge in [-0.1, -0.05) is 55.8 Å². The van der Waals surface area contributed by atoms with E-state index in [2.05, 4.69) is 23.8 Å². The standard InChI is InChI=1S/C27H29ClN4O3/c1-4-30(5-2)14-15-31-24(19-10-9-11-20(28)16-19)23(26(34)27(31)35)25(33)22-17-29-32(18(22)3)21-12-7-6-8-13-21/h6-13,16-17,24,33H,4-5,14-15H2,1-3H3/b25-23+. The number of nitrogens with zero attached hydrogens (tertiary/aromatic N) is 4. The van der Waals surface area contributed by atoms with Crippen molar-refractivity contribution in [1.82, 2.24) is 19.6 Å². The number of carbonyl (C=O) groups is 2. The Kier molecular flexibility index (Phi) is 7.38. The van der Waals surface area contributed by atoms with E-state index in [1.54, 1.807) is 22.9 Å². The van der Waals surface area contributed by atoms with Gasteiger partial charge in [0.1, 0.15) is 5.76 Å². The molecule has 2 heterocycles. The molecule has 0 spiro atoms. The molecular weight excluding hydrogens is 464 g/mol. The van der Waals surface area contributed by atoms with Crippen LogP contribution in [0.15, 0.2) is 66.4 Å². The van der Waals surface area contributed by atoms with Crippen LogP contribution in [0.5, 0.6) is 0 Å². The molecule has 0 saturated carbocycles. The van der Waals surface area contributed by atoms with E-state index in [-0.39, 0.29) is 11.3 Å². The highest BCUT2D eigenvalue weighted by Gasteiger charge is 2.46. The number of aliphatic hydroxyl groups is 1. The van der Waals surface area contributed by atoms with Crippen molar-refractivity contribution in [3.8, 4) is 5.69 Å². The van der Waals surface area contributed by atoms with Crippen LogP contribution in [-0.2, 0) is 9.59 Å². The third kappa shape index (κ3) is 4.74. The average molecular weight is 493 g/mol. The topological polar surface area (TPSA) is 78.7 Å². The minimum absolute atomic E-state index is 0.0486. The van der Waals surface area contributed by atoms with Crippen LogP contribution in [0.25, 0.3) is 11.4 Å². The van der Waals surface area contributed by atoms with Crippen molar-refractivity contribution in [1.29, 1.82) is 0 Å². The van der Waals surface area contributed by atoms with Gasteiger partial charge in [0.15, 0.2) is 0 Å². The monoisotopic (exact) mass is 492 g/mol. The molecule has 1 aliphatic rings. The normalized spacial score (nSPS) is 17.5. The molecule has 2 aromatic carbocycles. The van der Waals surface area contributed by atoms with Gasteiger partial charge in [0.05, 0.1) is 34.8 Å². The Morgan fingerprint density at radius 2 is 1.80 bits per heavy atom. The fourth-order valence-electron chi connectivity index (χ4n) is 4.54. The minimum Gasteiger partial charge on any atom is -0.507 e. The summed E-state index contributed by atoms with van der Waals surface area (Å²) >= 11 is 6.27. The van der Waals surface area contributed by atoms with E-state index < -0.39 is 17.7 Å². The number of hydrogen-bond acceptors (Lipinski definition) is 5. The SMILES string of the molecule is CCN(CC)CCN1C(=O)C(=O)/C(=C(/O)c2cnn(-c3ccccc3)c2C)C1c1cccc(Cl)c1. The Morgan fingerprint density at radius 1 is 1.09 bits per heavy atom. The number of likely N-dealkylation sites (tertiary alicyclic amines) is 1. The van der Waals surface area contributed by atoms with Crippen LogP contribution in [0.1, 0.15) is 36.7 Å². The number of likely N-dealkylation sites (N-methyl/N-ethyl adjacent to an activating group) is 1. The van der Waals surface area contributed by atoms with Crippen LogP contribution < -0.4 is 0 Å². The summed E-state index contributed by atoms with van der Waals surface area (Å²) in [4.78, 5) is 30.2. The molecule has 1 aromatic heterocycles. The molecule has 1 amide bonds. The predicted molar refractivity (Wildman–Crippen MR) is 137 cm³/mol. The maximum absolute atomic E-state index is 13.3. The number of aromatic nitrogens is 2. The maximum atomic E-state index is 13.3. The van der Waals surface area contributed by atoms with E-state index >= 15 is 0 Å². The molecule has 8 heteroatoms. The van der Waals surface area contributed by atoms with Gasteiger partial charge < -0.3 is 14.9 Å². The van der Waals surface area contributed by atoms with Gasteiger partial charge in [0, 0.05) is 18.1 Å². The first-order chi connectivity index (χ1) is 16.9. The first kappa shape index (κ1) is 24.7. The number of amides is 1. The Morgan fingerprint density at radius 3 is 2.46 bits per heavy atom. The van der Waals surface area contributed by atoms with Crippen LogP contribution in [0, 0.1) is 6.92 Å². The van der Waals surface area contributed by atoms with Crippen LogP contribution in [0.2, 0.25) is 5.02 Å². The molecule has 1 saturated heterocycles. The number of Topliss-reactive ketones (excluding diaryl/α,β-unsaturated/α-hetero) is 1. The second-order valence-electron chi connectivity index (χ2n) is 8.47. The highest BCUT2D eigenvalue weighted by atomic mass is 35.5. The number of carbonyl (C=O) groups excluding carboxylic acids is 2. The molecule has 0 radical (unpaired) electrons. The summed E-state index contributed by atoms with van der Waals surface area (Å²) in [5, 5.41) is 16.3. The molecule has 4 rings (SSSR count). The molecule has 3 aromatic rings. The van der Waals surface area contributed by atoms with E-state index in [9.17, 15) is 14.7 Å². The predicted octanol–water partition coefficient (Wildman–Crippen LogP) is 4.60. The molecule has 1 unspecified atom stereocenters. The fraction of sp³-hybridized carbons (Fsp3) is 0.296. The fourth-order valence-corrected chi connectivity index (χ4v) is 4.74. The van der Waals surface area contributed by atoms with Crippen LogP contribution in [0.4, 0.5) is 0 Å². The third-order valence-electron chi connectivity index (χ3n) is 6.52. The van der Waals surface area contributed by atoms with Crippen molar-refractivity contribution in [3.63, 3.8) is 0 Å². The van der Waals surface area contributed by atoms with Gasteiger partial charge in [-0.2, -0.15) is 5.10 Å². The Hall–Kier alpha value is -3.42. The van der Waals surface area contributed by atoms with Crippen molar-refractivity contribution < 1.29 is 14.7 Å². The second-order valence-corrected chi connectivity index (χ2v) is 8.90. The van der Waals surface area contributed by atoms with Gasteiger partial charge >= 0.3 is 0 Å². The van der Waals surface area contributed by atoms with Crippen molar-refractivity contribution >= 4 is 29.1 Å². The highest BCUT2D eigenvalue weighted by molar-refractivity contribution is 6.46. The van der Waals surface area contributed by atoms with E-state index in [0.29, 0.717) is 34.9 Å². The third-order valence-corrected chi connectivity index (χ3v) is 6.76. The molecular formula is C27H29ClN4O3. The maximum Gasteiger partial charge on any atom is 0.295 e. The van der Waals surface area contributed by atoms with Gasteiger partial charge in [0.2, 0.25) is 0 Å². The van der Waals surface area contributed by atoms with Crippen molar-refractivity contribution in [2.24, 2.45) is 0 Å². The number of halogens is 1. The molecule has 1 atom stereocenters. The van der Waals surface area contributed by atoms with Gasteiger partial charge in [-0.05, 0) is 49.8 Å². The summed E-state index contributed by atoms with van der Waals surface area (Å²) in [6.45, 7) is 8.56. The van der Waals surface area contributed by atoms with Crippen LogP contribution in [-0.4, -0.2) is 62.6 Å². The van der Waals surface area contributed by atoms with E-state index in [4.69, 9.17) is 11.6 Å². The van der Waals surface area contributed by atoms with Gasteiger partial charge in [0.25, 0.3) is 11.7 Å². The number of para-hydroxylation sites is 1. The number of aliphatic hydroxyl groups excluding tert-OH is 1. The summed E-state index contributed by atoms with van der Waals surface area (Å²) in [6, 6.07) is 15.8. The summed E-state index contributed by atoms with van der Waals surface area (Å²) in [7, 11) is 0. The lowest BCUT2D eigenvalue weighted by Gasteiger charge is -2.28. The molecule has 1 fully saturated rings. The molecule has 35 heavy (non-hydrogen) atoms. The molecule has 1 aliphatic heterocycles. The van der Waals surface area contributed by atoms with Crippen LogP contribution in [0.3, 0.4) is 0 Å². The highest BCUT2D eigenvalue weighted by Crippen LogP contribution is 2.40. The lowest BCUT2D eigenvalue weighted by molar-refractivity contribution is -0.140. The van der Waals surface area contributed by atoms with Gasteiger partial charge in [-0.3, -0.25) is 9.59 Å². The van der Waals surface area contributed by atoms with Crippen molar-refractivity contribution in [3.05, 3.63) is 88.2 Å². The Bertz CT molecular complexity index is 1260. The second kappa shape index (κ2) is 10.5. The van der Waals surface area contributed by atoms with Gasteiger partial charge in [-0.25, -0.2) is 4.68 Å². The zero-order valence-electron chi connectivity index (χ0n) is 20.1. The zero-order chi connectivity index (χ0) is 25.1. The average Bonchev–Trinajstić information content (AvgIpc) is 3.37. The summed E-state index contributed by atoms with van der Waals surface area (Å²) < 4.78 is 1.69. The lowest BCUT2D eigenvalue weighted by Crippen LogP contribution is -2.38. The van der Waals surface area contributed by atoms with Crippen molar-refractivity contribution in [2.75, 3.05) is 26.2 Å². The van der Waals surface area contributed by atoms with Gasteiger partial charge in [-0.15, -0.1) is 0 Å². The summed E-state index contributed by atoms with van der Waals surface area (Å²) in [5.41, 5.74) is 2.61. The summed E-state index contributed by atoms with van der Waals surface area (Å²) in [5.74, 6) is -1.57. The Labute approximate surface area is 210 Å².